The van der Waals surface area contributed by atoms with Crippen LogP contribution in [0.5, 0.6) is 0 Å². The summed E-state index contributed by atoms with van der Waals surface area (Å²) >= 11 is 0. The second-order valence-electron chi connectivity index (χ2n) is 7.47. The van der Waals surface area contributed by atoms with Crippen LogP contribution in [0.2, 0.25) is 0 Å². The largest absolute Gasteiger partial charge is 0.393 e. The maximum atomic E-state index is 9.59. The molecule has 0 spiro atoms. The quantitative estimate of drug-likeness (QED) is 0.831. The maximum absolute atomic E-state index is 9.59. The van der Waals surface area contributed by atoms with E-state index in [1.54, 1.807) is 0 Å². The lowest BCUT2D eigenvalue weighted by atomic mass is 9.79. The molecule has 0 aliphatic heterocycles. The molecule has 1 atom stereocenters. The molecule has 0 amide bonds. The molecule has 0 saturated carbocycles. The van der Waals surface area contributed by atoms with Crippen molar-refractivity contribution in [1.29, 1.82) is 0 Å². The third-order valence-electron chi connectivity index (χ3n) is 3.26. The van der Waals surface area contributed by atoms with Gasteiger partial charge in [0.05, 0.1) is 6.10 Å². The fourth-order valence-corrected chi connectivity index (χ4v) is 2.02. The number of rotatable bonds is 2. The number of hydrogen-bond donors (Lipinski definition) is 1. The van der Waals surface area contributed by atoms with Crippen molar-refractivity contribution in [2.75, 3.05) is 0 Å². The SMILES string of the molecule is C[C@H](O)Cc1cc(C(C)(C)C)cc(C(C)(C)C)c1. The molecule has 18 heavy (non-hydrogen) atoms. The zero-order valence-corrected chi connectivity index (χ0v) is 13.0. The molecule has 0 aliphatic carbocycles. The molecule has 1 aromatic rings. The summed E-state index contributed by atoms with van der Waals surface area (Å²) in [4.78, 5) is 0. The highest BCUT2D eigenvalue weighted by atomic mass is 16.3. The van der Waals surface area contributed by atoms with Gasteiger partial charge in [0, 0.05) is 0 Å². The predicted octanol–water partition coefficient (Wildman–Crippen LogP) is 4.20. The van der Waals surface area contributed by atoms with E-state index < -0.39 is 0 Å². The minimum atomic E-state index is -0.284. The Morgan fingerprint density at radius 2 is 1.28 bits per heavy atom. The van der Waals surface area contributed by atoms with Crippen LogP contribution in [-0.4, -0.2) is 11.2 Å². The highest BCUT2D eigenvalue weighted by Crippen LogP contribution is 2.30. The normalized spacial score (nSPS) is 14.7. The first-order valence-corrected chi connectivity index (χ1v) is 6.83. The summed E-state index contributed by atoms with van der Waals surface area (Å²) in [5.41, 5.74) is 4.24. The Bertz CT molecular complexity index is 370. The van der Waals surface area contributed by atoms with Gasteiger partial charge in [0.2, 0.25) is 0 Å². The molecular formula is C17H28O. The number of hydrogen-bond acceptors (Lipinski definition) is 1. The molecule has 1 rings (SSSR count). The van der Waals surface area contributed by atoms with Crippen molar-refractivity contribution in [1.82, 2.24) is 0 Å². The Balaban J connectivity index is 3.29. The van der Waals surface area contributed by atoms with Crippen LogP contribution in [0, 0.1) is 0 Å². The predicted molar refractivity (Wildman–Crippen MR) is 79.2 cm³/mol. The fraction of sp³-hybridized carbons (Fsp3) is 0.647. The van der Waals surface area contributed by atoms with E-state index in [2.05, 4.69) is 59.7 Å². The van der Waals surface area contributed by atoms with Gasteiger partial charge in [0.15, 0.2) is 0 Å². The lowest BCUT2D eigenvalue weighted by Gasteiger charge is -2.26. The first-order chi connectivity index (χ1) is 8.00. The third-order valence-corrected chi connectivity index (χ3v) is 3.26. The average Bonchev–Trinajstić information content (AvgIpc) is 2.13. The molecule has 1 N–H and O–H groups in total. The lowest BCUT2D eigenvalue weighted by molar-refractivity contribution is 0.195. The zero-order chi connectivity index (χ0) is 14.1. The molecule has 0 unspecified atom stereocenters. The molecule has 1 aromatic carbocycles. The second-order valence-corrected chi connectivity index (χ2v) is 7.47. The summed E-state index contributed by atoms with van der Waals surface area (Å²) in [5.74, 6) is 0. The minimum Gasteiger partial charge on any atom is -0.393 e. The molecule has 1 heteroatoms. The van der Waals surface area contributed by atoms with Gasteiger partial charge in [-0.05, 0) is 40.9 Å². The minimum absolute atomic E-state index is 0.148. The van der Waals surface area contributed by atoms with Gasteiger partial charge in [-0.1, -0.05) is 59.7 Å². The smallest absolute Gasteiger partial charge is 0.0552 e. The van der Waals surface area contributed by atoms with Gasteiger partial charge in [0.25, 0.3) is 0 Å². The number of benzene rings is 1. The summed E-state index contributed by atoms with van der Waals surface area (Å²) in [5, 5.41) is 9.59. The van der Waals surface area contributed by atoms with Gasteiger partial charge in [-0.15, -0.1) is 0 Å². The van der Waals surface area contributed by atoms with Crippen LogP contribution in [0.25, 0.3) is 0 Å². The van der Waals surface area contributed by atoms with Crippen LogP contribution in [0.1, 0.15) is 65.2 Å². The molecule has 102 valence electrons. The maximum Gasteiger partial charge on any atom is 0.0552 e. The van der Waals surface area contributed by atoms with Crippen molar-refractivity contribution < 1.29 is 5.11 Å². The van der Waals surface area contributed by atoms with Crippen molar-refractivity contribution in [2.45, 2.75) is 71.8 Å². The summed E-state index contributed by atoms with van der Waals surface area (Å²) in [7, 11) is 0. The molecule has 0 saturated heterocycles. The van der Waals surface area contributed by atoms with Gasteiger partial charge in [-0.2, -0.15) is 0 Å². The van der Waals surface area contributed by atoms with Crippen molar-refractivity contribution in [3.05, 3.63) is 34.9 Å². The topological polar surface area (TPSA) is 20.2 Å². The molecule has 0 fully saturated rings. The first-order valence-electron chi connectivity index (χ1n) is 6.83. The van der Waals surface area contributed by atoms with Crippen LogP contribution >= 0.6 is 0 Å². The Labute approximate surface area is 112 Å². The molecule has 0 radical (unpaired) electrons. The Kier molecular flexibility index (Phi) is 4.27. The van der Waals surface area contributed by atoms with Crippen LogP contribution in [0.4, 0.5) is 0 Å². The Morgan fingerprint density at radius 3 is 1.56 bits per heavy atom. The highest BCUT2D eigenvalue weighted by Gasteiger charge is 2.20. The van der Waals surface area contributed by atoms with Gasteiger partial charge in [0.1, 0.15) is 0 Å². The van der Waals surface area contributed by atoms with Crippen LogP contribution in [0.15, 0.2) is 18.2 Å². The van der Waals surface area contributed by atoms with Gasteiger partial charge >= 0.3 is 0 Å². The Morgan fingerprint density at radius 1 is 0.889 bits per heavy atom. The standard InChI is InChI=1S/C17H28O/c1-12(18)8-13-9-14(16(2,3)4)11-15(10-13)17(5,6)7/h9-12,18H,8H2,1-7H3/t12-/m0/s1. The summed E-state index contributed by atoms with van der Waals surface area (Å²) < 4.78 is 0. The summed E-state index contributed by atoms with van der Waals surface area (Å²) in [6, 6.07) is 6.79. The molecule has 0 heterocycles. The third kappa shape index (κ3) is 4.13. The monoisotopic (exact) mass is 248 g/mol. The van der Waals surface area contributed by atoms with E-state index in [0.29, 0.717) is 0 Å². The van der Waals surface area contributed by atoms with Crippen molar-refractivity contribution in [3.8, 4) is 0 Å². The zero-order valence-electron chi connectivity index (χ0n) is 13.0. The highest BCUT2D eigenvalue weighted by molar-refractivity contribution is 5.37. The molecule has 0 aromatic heterocycles. The fourth-order valence-electron chi connectivity index (χ4n) is 2.02. The van der Waals surface area contributed by atoms with E-state index in [9.17, 15) is 5.11 Å². The number of aliphatic hydroxyl groups excluding tert-OH is 1. The number of aliphatic hydroxyl groups is 1. The first kappa shape index (κ1) is 15.2. The van der Waals surface area contributed by atoms with Crippen LogP contribution in [0.3, 0.4) is 0 Å². The average molecular weight is 248 g/mol. The van der Waals surface area contributed by atoms with E-state index in [4.69, 9.17) is 0 Å². The van der Waals surface area contributed by atoms with Gasteiger partial charge in [-0.25, -0.2) is 0 Å². The second kappa shape index (κ2) is 5.05. The van der Waals surface area contributed by atoms with Crippen molar-refractivity contribution >= 4 is 0 Å². The van der Waals surface area contributed by atoms with E-state index in [1.165, 1.54) is 16.7 Å². The summed E-state index contributed by atoms with van der Waals surface area (Å²) in [6.07, 6.45) is 0.445. The molecule has 0 aliphatic rings. The van der Waals surface area contributed by atoms with E-state index in [1.807, 2.05) is 6.92 Å². The Hall–Kier alpha value is -0.820. The molecule has 0 bridgehead atoms. The lowest BCUT2D eigenvalue weighted by Crippen LogP contribution is -2.18. The van der Waals surface area contributed by atoms with Crippen molar-refractivity contribution in [2.24, 2.45) is 0 Å². The van der Waals surface area contributed by atoms with E-state index in [-0.39, 0.29) is 16.9 Å². The van der Waals surface area contributed by atoms with Crippen LogP contribution < -0.4 is 0 Å². The van der Waals surface area contributed by atoms with Gasteiger partial charge in [-0.3, -0.25) is 0 Å². The van der Waals surface area contributed by atoms with E-state index in [0.717, 1.165) is 6.42 Å². The summed E-state index contributed by atoms with van der Waals surface area (Å²) in [6.45, 7) is 15.3. The molecular weight excluding hydrogens is 220 g/mol. The van der Waals surface area contributed by atoms with E-state index >= 15 is 0 Å². The molecule has 1 nitrogen and oxygen atoms in total. The van der Waals surface area contributed by atoms with Crippen molar-refractivity contribution in [3.63, 3.8) is 0 Å². The van der Waals surface area contributed by atoms with Gasteiger partial charge < -0.3 is 5.11 Å². The van der Waals surface area contributed by atoms with Crippen LogP contribution in [-0.2, 0) is 17.3 Å².